The smallest absolute Gasteiger partial charge is 0.338 e. The molecule has 0 saturated heterocycles. The number of urea groups is 1. The van der Waals surface area contributed by atoms with E-state index in [1.165, 1.54) is 16.2 Å². The highest BCUT2D eigenvalue weighted by molar-refractivity contribution is 7.10. The van der Waals surface area contributed by atoms with E-state index in [1.807, 2.05) is 17.5 Å². The van der Waals surface area contributed by atoms with Crippen LogP contribution < -0.4 is 0 Å². The van der Waals surface area contributed by atoms with Crippen LogP contribution in [0, 0.1) is 0 Å². The molecule has 2 heterocycles. The first-order chi connectivity index (χ1) is 9.49. The normalized spacial score (nSPS) is 19.6. The summed E-state index contributed by atoms with van der Waals surface area (Å²) in [5.74, 6) is -0.366. The van der Waals surface area contributed by atoms with Crippen LogP contribution in [0.1, 0.15) is 24.8 Å². The lowest BCUT2D eigenvalue weighted by Crippen LogP contribution is -2.47. The molecule has 1 aliphatic rings. The number of hydrogen-bond donors (Lipinski definition) is 0. The van der Waals surface area contributed by atoms with Gasteiger partial charge in [0.15, 0.2) is 0 Å². The molecule has 0 aliphatic carbocycles. The van der Waals surface area contributed by atoms with Crippen molar-refractivity contribution >= 4 is 23.3 Å². The average Bonchev–Trinajstić information content (AvgIpc) is 2.94. The maximum atomic E-state index is 12.3. The highest BCUT2D eigenvalue weighted by Crippen LogP contribution is 2.37. The van der Waals surface area contributed by atoms with Crippen molar-refractivity contribution in [3.8, 4) is 0 Å². The van der Waals surface area contributed by atoms with Crippen LogP contribution >= 0.6 is 11.3 Å². The Bertz CT molecular complexity index is 551. The van der Waals surface area contributed by atoms with Crippen LogP contribution in [0.3, 0.4) is 0 Å². The molecule has 1 unspecified atom stereocenters. The molecule has 0 fully saturated rings. The van der Waals surface area contributed by atoms with Crippen LogP contribution in [0.25, 0.3) is 0 Å². The number of nitrogens with zero attached hydrogens (tertiary/aromatic N) is 2. The largest absolute Gasteiger partial charge is 0.463 e. The third-order valence-electron chi connectivity index (χ3n) is 3.45. The zero-order valence-electron chi connectivity index (χ0n) is 12.0. The predicted octanol–water partition coefficient (Wildman–Crippen LogP) is 2.62. The molecule has 1 aliphatic heterocycles. The third kappa shape index (κ3) is 2.31. The van der Waals surface area contributed by atoms with Gasteiger partial charge in [0, 0.05) is 24.7 Å². The Hall–Kier alpha value is -1.82. The molecule has 108 valence electrons. The van der Waals surface area contributed by atoms with E-state index in [9.17, 15) is 9.59 Å². The van der Waals surface area contributed by atoms with Gasteiger partial charge in [0.25, 0.3) is 0 Å². The zero-order valence-corrected chi connectivity index (χ0v) is 12.9. The fourth-order valence-corrected chi connectivity index (χ4v) is 3.19. The average molecular weight is 294 g/mol. The standard InChI is InChI=1S/C14H18N2O3S/c1-5-19-13(17)11-9(2)15(3)14(18)16(4)12(11)10-7-6-8-20-10/h6-8,12H,5H2,1-4H3. The number of thiophene rings is 1. The van der Waals surface area contributed by atoms with Gasteiger partial charge in [-0.1, -0.05) is 6.07 Å². The predicted molar refractivity (Wildman–Crippen MR) is 77.3 cm³/mol. The monoisotopic (exact) mass is 294 g/mol. The van der Waals surface area contributed by atoms with E-state index in [4.69, 9.17) is 4.74 Å². The van der Waals surface area contributed by atoms with Crippen molar-refractivity contribution in [2.45, 2.75) is 19.9 Å². The Morgan fingerprint density at radius 2 is 2.15 bits per heavy atom. The Morgan fingerprint density at radius 1 is 1.45 bits per heavy atom. The van der Waals surface area contributed by atoms with Crippen molar-refractivity contribution in [1.29, 1.82) is 0 Å². The lowest BCUT2D eigenvalue weighted by atomic mass is 9.99. The topological polar surface area (TPSA) is 49.9 Å². The number of allylic oxidation sites excluding steroid dienone is 1. The summed E-state index contributed by atoms with van der Waals surface area (Å²) < 4.78 is 5.16. The molecule has 20 heavy (non-hydrogen) atoms. The minimum Gasteiger partial charge on any atom is -0.463 e. The molecule has 0 bridgehead atoms. The number of amides is 2. The molecule has 1 aromatic heterocycles. The van der Waals surface area contributed by atoms with Gasteiger partial charge in [-0.15, -0.1) is 11.3 Å². The van der Waals surface area contributed by atoms with Crippen molar-refractivity contribution in [3.05, 3.63) is 33.7 Å². The molecule has 2 amide bonds. The number of esters is 1. The first-order valence-corrected chi connectivity index (χ1v) is 7.28. The number of rotatable bonds is 3. The lowest BCUT2D eigenvalue weighted by Gasteiger charge is -2.38. The fraction of sp³-hybridized carbons (Fsp3) is 0.429. The van der Waals surface area contributed by atoms with Gasteiger partial charge in [-0.05, 0) is 25.3 Å². The van der Waals surface area contributed by atoms with Gasteiger partial charge in [-0.2, -0.15) is 0 Å². The van der Waals surface area contributed by atoms with E-state index in [1.54, 1.807) is 32.8 Å². The molecule has 2 rings (SSSR count). The summed E-state index contributed by atoms with van der Waals surface area (Å²) in [5, 5.41) is 1.93. The number of likely N-dealkylation sites (N-methyl/N-ethyl adjacent to an activating group) is 1. The number of carbonyl (C=O) groups excluding carboxylic acids is 2. The van der Waals surface area contributed by atoms with Gasteiger partial charge in [0.2, 0.25) is 0 Å². The molecule has 0 aromatic carbocycles. The van der Waals surface area contributed by atoms with E-state index >= 15 is 0 Å². The third-order valence-corrected chi connectivity index (χ3v) is 4.38. The van der Waals surface area contributed by atoms with E-state index in [0.29, 0.717) is 17.9 Å². The minimum atomic E-state index is -0.377. The van der Waals surface area contributed by atoms with Crippen LogP contribution in [0.2, 0.25) is 0 Å². The summed E-state index contributed by atoms with van der Waals surface area (Å²) in [7, 11) is 3.37. The molecule has 1 atom stereocenters. The number of ether oxygens (including phenoxy) is 1. The summed E-state index contributed by atoms with van der Waals surface area (Å²) >= 11 is 1.52. The highest BCUT2D eigenvalue weighted by atomic mass is 32.1. The van der Waals surface area contributed by atoms with Gasteiger partial charge in [-0.3, -0.25) is 0 Å². The second kappa shape index (κ2) is 5.66. The van der Waals surface area contributed by atoms with Crippen molar-refractivity contribution in [1.82, 2.24) is 9.80 Å². The van der Waals surface area contributed by atoms with E-state index in [0.717, 1.165) is 4.88 Å². The molecule has 0 spiro atoms. The van der Waals surface area contributed by atoms with Crippen molar-refractivity contribution in [2.75, 3.05) is 20.7 Å². The first-order valence-electron chi connectivity index (χ1n) is 6.40. The second-order valence-electron chi connectivity index (χ2n) is 4.59. The maximum absolute atomic E-state index is 12.3. The van der Waals surface area contributed by atoms with Gasteiger partial charge in [0.05, 0.1) is 12.2 Å². The summed E-state index contributed by atoms with van der Waals surface area (Å²) in [6, 6.07) is 3.33. The quantitative estimate of drug-likeness (QED) is 0.805. The van der Waals surface area contributed by atoms with Crippen LogP contribution in [0.4, 0.5) is 4.79 Å². The molecular formula is C14H18N2O3S. The first kappa shape index (κ1) is 14.6. The summed E-state index contributed by atoms with van der Waals surface area (Å²) in [6.07, 6.45) is 0. The minimum absolute atomic E-state index is 0.131. The highest BCUT2D eigenvalue weighted by Gasteiger charge is 2.39. The fourth-order valence-electron chi connectivity index (χ4n) is 2.31. The summed E-state index contributed by atoms with van der Waals surface area (Å²) in [5.41, 5.74) is 1.17. The number of carbonyl (C=O) groups is 2. The number of hydrogen-bond acceptors (Lipinski definition) is 4. The molecule has 6 heteroatoms. The van der Waals surface area contributed by atoms with Crippen molar-refractivity contribution in [3.63, 3.8) is 0 Å². The SMILES string of the molecule is CCOC(=O)C1=C(C)N(C)C(=O)N(C)C1c1cccs1. The molecule has 0 saturated carbocycles. The summed E-state index contributed by atoms with van der Waals surface area (Å²) in [4.78, 5) is 28.5. The van der Waals surface area contributed by atoms with Crippen LogP contribution in [-0.4, -0.2) is 42.5 Å². The van der Waals surface area contributed by atoms with E-state index < -0.39 is 0 Å². The Balaban J connectivity index is 2.54. The lowest BCUT2D eigenvalue weighted by molar-refractivity contribution is -0.139. The molecule has 5 nitrogen and oxygen atoms in total. The Labute approximate surface area is 122 Å². The second-order valence-corrected chi connectivity index (χ2v) is 5.57. The van der Waals surface area contributed by atoms with E-state index in [-0.39, 0.29) is 18.0 Å². The van der Waals surface area contributed by atoms with Crippen molar-refractivity contribution in [2.24, 2.45) is 0 Å². The molecule has 0 radical (unpaired) electrons. The Morgan fingerprint density at radius 3 is 2.70 bits per heavy atom. The molecule has 1 aromatic rings. The zero-order chi connectivity index (χ0) is 14.9. The van der Waals surface area contributed by atoms with E-state index in [2.05, 4.69) is 0 Å². The van der Waals surface area contributed by atoms with Crippen LogP contribution in [0.15, 0.2) is 28.8 Å². The van der Waals surface area contributed by atoms with Gasteiger partial charge in [-0.25, -0.2) is 9.59 Å². The van der Waals surface area contributed by atoms with Crippen LogP contribution in [0.5, 0.6) is 0 Å². The molecular weight excluding hydrogens is 276 g/mol. The van der Waals surface area contributed by atoms with Gasteiger partial charge in [0.1, 0.15) is 6.04 Å². The molecule has 0 N–H and O–H groups in total. The van der Waals surface area contributed by atoms with Crippen molar-refractivity contribution < 1.29 is 14.3 Å². The van der Waals surface area contributed by atoms with Crippen LogP contribution in [-0.2, 0) is 9.53 Å². The summed E-state index contributed by atoms with van der Waals surface area (Å²) in [6.45, 7) is 3.86. The van der Waals surface area contributed by atoms with Gasteiger partial charge >= 0.3 is 12.0 Å². The maximum Gasteiger partial charge on any atom is 0.338 e. The van der Waals surface area contributed by atoms with Gasteiger partial charge < -0.3 is 14.5 Å². The Kier molecular flexibility index (Phi) is 4.13.